The molecule has 7 heteroatoms. The standard InChI is InChI=1S/C20H19N3O4/c24-18-11(6-7-22(18)14-4-2-1-3-5-14)8-12-9-13-10-21-15-16(13)23(19(15)25)17(12)20(26)27/h1-5,8,13,15-16,21H,6-7,9-10H2,(H,26,27)/t13?,15?,16-/m1/s1. The molecule has 7 nitrogen and oxygen atoms in total. The van der Waals surface area contributed by atoms with Crippen LogP contribution >= 0.6 is 0 Å². The summed E-state index contributed by atoms with van der Waals surface area (Å²) in [7, 11) is 0. The van der Waals surface area contributed by atoms with Gasteiger partial charge in [-0.1, -0.05) is 18.2 Å². The van der Waals surface area contributed by atoms with Crippen molar-refractivity contribution in [2.45, 2.75) is 24.9 Å². The number of β-lactam (4-membered cyclic amide) rings is 1. The number of carbonyl (C=O) groups excluding carboxylic acids is 2. The van der Waals surface area contributed by atoms with E-state index in [1.54, 1.807) is 11.0 Å². The molecule has 138 valence electrons. The summed E-state index contributed by atoms with van der Waals surface area (Å²) in [5.74, 6) is -1.19. The maximum atomic E-state index is 12.8. The summed E-state index contributed by atoms with van der Waals surface area (Å²) < 4.78 is 0. The lowest BCUT2D eigenvalue weighted by atomic mass is 9.79. The van der Waals surface area contributed by atoms with Gasteiger partial charge in [-0.3, -0.25) is 14.5 Å². The fourth-order valence-electron chi connectivity index (χ4n) is 4.77. The highest BCUT2D eigenvalue weighted by atomic mass is 16.4. The summed E-state index contributed by atoms with van der Waals surface area (Å²) in [6.45, 7) is 1.27. The number of nitrogens with one attached hydrogen (secondary N) is 1. The van der Waals surface area contributed by atoms with E-state index in [1.807, 2.05) is 30.3 Å². The van der Waals surface area contributed by atoms with E-state index in [1.165, 1.54) is 4.90 Å². The molecule has 1 aromatic rings. The van der Waals surface area contributed by atoms with E-state index >= 15 is 0 Å². The molecule has 2 unspecified atom stereocenters. The second-order valence-corrected chi connectivity index (χ2v) is 7.44. The first-order valence-corrected chi connectivity index (χ1v) is 9.16. The number of anilines is 1. The molecule has 0 saturated carbocycles. The fraction of sp³-hybridized carbons (Fsp3) is 0.350. The number of allylic oxidation sites excluding steroid dienone is 2. The second-order valence-electron chi connectivity index (χ2n) is 7.44. The lowest BCUT2D eigenvalue weighted by Crippen LogP contribution is -2.68. The summed E-state index contributed by atoms with van der Waals surface area (Å²) in [6.07, 6.45) is 2.85. The second kappa shape index (κ2) is 5.79. The number of para-hydroxylation sites is 1. The lowest BCUT2D eigenvalue weighted by molar-refractivity contribution is -0.153. The van der Waals surface area contributed by atoms with Gasteiger partial charge in [0.15, 0.2) is 0 Å². The first-order valence-electron chi connectivity index (χ1n) is 9.16. The Balaban J connectivity index is 1.50. The van der Waals surface area contributed by atoms with E-state index in [2.05, 4.69) is 5.32 Å². The number of amides is 2. The van der Waals surface area contributed by atoms with Crippen molar-refractivity contribution in [3.63, 3.8) is 0 Å². The predicted octanol–water partition coefficient (Wildman–Crippen LogP) is 0.891. The van der Waals surface area contributed by atoms with Gasteiger partial charge in [0.2, 0.25) is 5.91 Å². The molecule has 0 bridgehead atoms. The van der Waals surface area contributed by atoms with Gasteiger partial charge < -0.3 is 15.3 Å². The molecule has 3 saturated heterocycles. The molecule has 4 heterocycles. The Morgan fingerprint density at radius 1 is 1.22 bits per heavy atom. The van der Waals surface area contributed by atoms with Crippen LogP contribution in [0.4, 0.5) is 5.69 Å². The van der Waals surface area contributed by atoms with Crippen molar-refractivity contribution in [3.05, 3.63) is 53.3 Å². The van der Waals surface area contributed by atoms with Crippen molar-refractivity contribution in [1.82, 2.24) is 10.2 Å². The van der Waals surface area contributed by atoms with Crippen LogP contribution in [0.2, 0.25) is 0 Å². The Morgan fingerprint density at radius 3 is 2.74 bits per heavy atom. The first kappa shape index (κ1) is 16.3. The molecule has 0 aromatic heterocycles. The van der Waals surface area contributed by atoms with Crippen LogP contribution in [0.5, 0.6) is 0 Å². The van der Waals surface area contributed by atoms with Crippen molar-refractivity contribution in [2.24, 2.45) is 5.92 Å². The first-order chi connectivity index (χ1) is 13.1. The van der Waals surface area contributed by atoms with E-state index in [4.69, 9.17) is 0 Å². The van der Waals surface area contributed by atoms with Gasteiger partial charge in [-0.2, -0.15) is 0 Å². The SMILES string of the molecule is O=C(O)C1=C(C=C2CCN(c3ccccc3)C2=O)CC2CNC3C(=O)N1[C@H]23. The third kappa shape index (κ3) is 2.28. The average molecular weight is 365 g/mol. The number of benzene rings is 1. The molecular weight excluding hydrogens is 346 g/mol. The van der Waals surface area contributed by atoms with Gasteiger partial charge in [0, 0.05) is 24.4 Å². The number of hydrogen-bond donors (Lipinski definition) is 2. The maximum Gasteiger partial charge on any atom is 0.352 e. The molecule has 5 rings (SSSR count). The minimum atomic E-state index is -1.11. The number of carbonyl (C=O) groups is 3. The number of rotatable bonds is 3. The summed E-state index contributed by atoms with van der Waals surface area (Å²) in [5, 5.41) is 12.9. The minimum Gasteiger partial charge on any atom is -0.477 e. The van der Waals surface area contributed by atoms with Gasteiger partial charge in [-0.25, -0.2) is 4.79 Å². The molecule has 4 aliphatic heterocycles. The molecule has 27 heavy (non-hydrogen) atoms. The lowest BCUT2D eigenvalue weighted by Gasteiger charge is -2.48. The van der Waals surface area contributed by atoms with Crippen LogP contribution in [0.3, 0.4) is 0 Å². The van der Waals surface area contributed by atoms with Gasteiger partial charge in [-0.15, -0.1) is 0 Å². The Morgan fingerprint density at radius 2 is 2.00 bits per heavy atom. The molecule has 1 aromatic carbocycles. The summed E-state index contributed by atoms with van der Waals surface area (Å²) in [6, 6.07) is 9.13. The van der Waals surface area contributed by atoms with Gasteiger partial charge in [0.25, 0.3) is 5.91 Å². The van der Waals surface area contributed by atoms with E-state index in [0.717, 1.165) is 5.69 Å². The Hall–Kier alpha value is -2.93. The smallest absolute Gasteiger partial charge is 0.352 e. The van der Waals surface area contributed by atoms with E-state index in [-0.39, 0.29) is 35.5 Å². The third-order valence-corrected chi connectivity index (χ3v) is 6.00. The van der Waals surface area contributed by atoms with Gasteiger partial charge >= 0.3 is 5.97 Å². The highest BCUT2D eigenvalue weighted by Gasteiger charge is 2.59. The van der Waals surface area contributed by atoms with Crippen LogP contribution in [0.1, 0.15) is 12.8 Å². The predicted molar refractivity (Wildman–Crippen MR) is 96.7 cm³/mol. The quantitative estimate of drug-likeness (QED) is 0.613. The normalized spacial score (nSPS) is 30.8. The van der Waals surface area contributed by atoms with Crippen LogP contribution in [-0.2, 0) is 14.4 Å². The number of hydrogen-bond acceptors (Lipinski definition) is 4. The summed E-state index contributed by atoms with van der Waals surface area (Å²) in [4.78, 5) is 40.2. The largest absolute Gasteiger partial charge is 0.477 e. The Kier molecular flexibility index (Phi) is 3.48. The molecular formula is C20H19N3O4. The number of carboxylic acids is 1. The van der Waals surface area contributed by atoms with Crippen molar-refractivity contribution in [3.8, 4) is 0 Å². The highest BCUT2D eigenvalue weighted by molar-refractivity contribution is 6.09. The van der Waals surface area contributed by atoms with Crippen LogP contribution in [0.15, 0.2) is 53.3 Å². The highest BCUT2D eigenvalue weighted by Crippen LogP contribution is 2.44. The molecule has 2 amide bonds. The van der Waals surface area contributed by atoms with Crippen LogP contribution < -0.4 is 10.2 Å². The van der Waals surface area contributed by atoms with Crippen LogP contribution in [0, 0.1) is 5.92 Å². The molecule has 0 radical (unpaired) electrons. The maximum absolute atomic E-state index is 12.8. The topological polar surface area (TPSA) is 90.0 Å². The number of nitrogens with zero attached hydrogens (tertiary/aromatic N) is 2. The zero-order chi connectivity index (χ0) is 18.7. The Labute approximate surface area is 155 Å². The average Bonchev–Trinajstić information content (AvgIpc) is 3.23. The fourth-order valence-corrected chi connectivity index (χ4v) is 4.77. The number of carboxylic acid groups (broad SMARTS) is 1. The number of aliphatic carboxylic acids is 1. The van der Waals surface area contributed by atoms with Crippen LogP contribution in [0.25, 0.3) is 0 Å². The van der Waals surface area contributed by atoms with Crippen molar-refractivity contribution >= 4 is 23.5 Å². The van der Waals surface area contributed by atoms with Crippen LogP contribution in [-0.4, -0.2) is 53.0 Å². The molecule has 2 N–H and O–H groups in total. The Bertz CT molecular complexity index is 920. The molecule has 3 fully saturated rings. The molecule has 0 spiro atoms. The molecule has 4 aliphatic rings. The van der Waals surface area contributed by atoms with E-state index in [0.29, 0.717) is 37.1 Å². The van der Waals surface area contributed by atoms with Gasteiger partial charge in [-0.05, 0) is 42.5 Å². The van der Waals surface area contributed by atoms with Crippen molar-refractivity contribution in [2.75, 3.05) is 18.0 Å². The van der Waals surface area contributed by atoms with Gasteiger partial charge in [0.05, 0.1) is 6.04 Å². The zero-order valence-electron chi connectivity index (χ0n) is 14.6. The monoisotopic (exact) mass is 365 g/mol. The molecule has 3 atom stereocenters. The zero-order valence-corrected chi connectivity index (χ0v) is 14.6. The minimum absolute atomic E-state index is 0.0414. The molecule has 0 aliphatic carbocycles. The third-order valence-electron chi connectivity index (χ3n) is 6.00. The summed E-state index contributed by atoms with van der Waals surface area (Å²) >= 11 is 0. The van der Waals surface area contributed by atoms with Gasteiger partial charge in [0.1, 0.15) is 11.7 Å². The van der Waals surface area contributed by atoms with E-state index in [9.17, 15) is 19.5 Å². The van der Waals surface area contributed by atoms with Crippen molar-refractivity contribution < 1.29 is 19.5 Å². The van der Waals surface area contributed by atoms with E-state index < -0.39 is 5.97 Å². The van der Waals surface area contributed by atoms with Crippen molar-refractivity contribution in [1.29, 1.82) is 0 Å². The summed E-state index contributed by atoms with van der Waals surface area (Å²) in [5.41, 5.74) is 2.06.